The smallest absolute Gasteiger partial charge is 0.258 e. The van der Waals surface area contributed by atoms with Gasteiger partial charge in [0.1, 0.15) is 0 Å². The molecule has 0 saturated carbocycles. The number of hydrogen-bond donors (Lipinski definition) is 2. The summed E-state index contributed by atoms with van der Waals surface area (Å²) in [6.07, 6.45) is 0.794. The normalized spacial score (nSPS) is 15.7. The molecule has 158 valence electrons. The number of amides is 2. The fourth-order valence-electron chi connectivity index (χ4n) is 4.11. The third kappa shape index (κ3) is 4.23. The third-order valence-corrected chi connectivity index (χ3v) is 5.78. The molecule has 1 heterocycles. The molecule has 3 aromatic rings. The molecule has 5 nitrogen and oxygen atoms in total. The Bertz CT molecular complexity index is 1120. The Morgan fingerprint density at radius 3 is 2.39 bits per heavy atom. The van der Waals surface area contributed by atoms with Gasteiger partial charge in [-0.05, 0) is 68.1 Å². The monoisotopic (exact) mass is 414 g/mol. The predicted octanol–water partition coefficient (Wildman–Crippen LogP) is 5.03. The first kappa shape index (κ1) is 20.8. The molecule has 2 N–H and O–H groups in total. The van der Waals surface area contributed by atoms with Crippen molar-refractivity contribution in [2.24, 2.45) is 0 Å². The molecule has 0 aromatic heterocycles. The van der Waals surface area contributed by atoms with E-state index in [1.807, 2.05) is 50.2 Å². The van der Waals surface area contributed by atoms with E-state index in [0.717, 1.165) is 28.8 Å². The summed E-state index contributed by atoms with van der Waals surface area (Å²) in [5.74, 6) is -0.287. The summed E-state index contributed by atoms with van der Waals surface area (Å²) in [7, 11) is 0. The van der Waals surface area contributed by atoms with E-state index in [0.29, 0.717) is 29.8 Å². The predicted molar refractivity (Wildman–Crippen MR) is 123 cm³/mol. The maximum Gasteiger partial charge on any atom is 0.258 e. The van der Waals surface area contributed by atoms with Gasteiger partial charge in [-0.3, -0.25) is 9.59 Å². The van der Waals surface area contributed by atoms with Crippen LogP contribution in [0.5, 0.6) is 0 Å². The van der Waals surface area contributed by atoms with Crippen molar-refractivity contribution in [3.8, 4) is 0 Å². The van der Waals surface area contributed by atoms with E-state index >= 15 is 0 Å². The number of carbonyl (C=O) groups is 2. The number of carbonyl (C=O) groups excluding carboxylic acids is 2. The average Bonchev–Trinajstić information content (AvgIpc) is 2.94. The third-order valence-electron chi connectivity index (χ3n) is 5.78. The van der Waals surface area contributed by atoms with Crippen LogP contribution in [-0.4, -0.2) is 23.5 Å². The Labute approximate surface area is 182 Å². The van der Waals surface area contributed by atoms with Gasteiger partial charge in [0.25, 0.3) is 11.8 Å². The first-order valence-electron chi connectivity index (χ1n) is 10.5. The topological polar surface area (TPSA) is 69.6 Å². The van der Waals surface area contributed by atoms with E-state index in [4.69, 9.17) is 0 Å². The Morgan fingerprint density at radius 2 is 1.65 bits per heavy atom. The van der Waals surface area contributed by atoms with Crippen LogP contribution in [0.15, 0.2) is 66.7 Å². The molecule has 0 fully saturated rings. The number of nitrogens with zero attached hydrogens (tertiary/aromatic N) is 1. The molecular weight excluding hydrogens is 388 g/mol. The van der Waals surface area contributed by atoms with Crippen LogP contribution in [0.1, 0.15) is 56.4 Å². The van der Waals surface area contributed by atoms with Crippen molar-refractivity contribution in [3.05, 3.63) is 94.5 Å². The van der Waals surface area contributed by atoms with Gasteiger partial charge in [0.2, 0.25) is 0 Å². The highest BCUT2D eigenvalue weighted by molar-refractivity contribution is 6.08. The number of fused-ring (bicyclic) bond motifs is 1. The maximum atomic E-state index is 13.3. The van der Waals surface area contributed by atoms with Crippen molar-refractivity contribution < 1.29 is 14.7 Å². The lowest BCUT2D eigenvalue weighted by atomic mass is 10.0. The van der Waals surface area contributed by atoms with Gasteiger partial charge in [-0.25, -0.2) is 0 Å². The molecule has 31 heavy (non-hydrogen) atoms. The van der Waals surface area contributed by atoms with Gasteiger partial charge in [-0.1, -0.05) is 36.4 Å². The van der Waals surface area contributed by atoms with Crippen molar-refractivity contribution >= 4 is 23.2 Å². The lowest BCUT2D eigenvalue weighted by Gasteiger charge is -2.25. The lowest BCUT2D eigenvalue weighted by molar-refractivity contribution is 0.0985. The Balaban J connectivity index is 1.56. The first-order chi connectivity index (χ1) is 15.0. The van der Waals surface area contributed by atoms with Gasteiger partial charge in [0.15, 0.2) is 0 Å². The fraction of sp³-hybridized carbons (Fsp3) is 0.231. The summed E-state index contributed by atoms with van der Waals surface area (Å²) in [6.45, 7) is 4.41. The zero-order valence-corrected chi connectivity index (χ0v) is 17.8. The molecule has 5 heteroatoms. The summed E-state index contributed by atoms with van der Waals surface area (Å²) in [4.78, 5) is 27.6. The highest BCUT2D eigenvalue weighted by Gasteiger charge is 2.27. The largest absolute Gasteiger partial charge is 0.388 e. The van der Waals surface area contributed by atoms with E-state index in [1.54, 1.807) is 35.2 Å². The second-order valence-corrected chi connectivity index (χ2v) is 7.97. The van der Waals surface area contributed by atoms with Crippen LogP contribution in [0.2, 0.25) is 0 Å². The Hall–Kier alpha value is -3.44. The summed E-state index contributed by atoms with van der Waals surface area (Å²) < 4.78 is 0. The fourth-order valence-corrected chi connectivity index (χ4v) is 4.11. The molecular formula is C26H26N2O3. The molecule has 0 unspecified atom stereocenters. The Kier molecular flexibility index (Phi) is 5.87. The van der Waals surface area contributed by atoms with E-state index in [-0.39, 0.29) is 11.8 Å². The maximum absolute atomic E-state index is 13.3. The molecule has 0 spiro atoms. The van der Waals surface area contributed by atoms with Crippen LogP contribution in [0.4, 0.5) is 11.4 Å². The van der Waals surface area contributed by atoms with Crippen LogP contribution >= 0.6 is 0 Å². The minimum absolute atomic E-state index is 0.110. The lowest BCUT2D eigenvalue weighted by Crippen LogP contribution is -2.32. The van der Waals surface area contributed by atoms with Crippen molar-refractivity contribution in [1.82, 2.24) is 0 Å². The number of aliphatic hydroxyl groups excluding tert-OH is 1. The number of anilines is 2. The van der Waals surface area contributed by atoms with Gasteiger partial charge < -0.3 is 15.3 Å². The molecule has 1 atom stereocenters. The van der Waals surface area contributed by atoms with Crippen LogP contribution in [0, 0.1) is 13.8 Å². The first-order valence-corrected chi connectivity index (χ1v) is 10.5. The number of hydrogen-bond acceptors (Lipinski definition) is 3. The summed E-state index contributed by atoms with van der Waals surface area (Å²) >= 11 is 0. The molecule has 4 rings (SSSR count). The van der Waals surface area contributed by atoms with Gasteiger partial charge >= 0.3 is 0 Å². The van der Waals surface area contributed by atoms with E-state index in [9.17, 15) is 14.7 Å². The minimum atomic E-state index is -0.563. The van der Waals surface area contributed by atoms with Crippen LogP contribution in [0.25, 0.3) is 0 Å². The van der Waals surface area contributed by atoms with Crippen molar-refractivity contribution in [2.45, 2.75) is 32.8 Å². The summed E-state index contributed by atoms with van der Waals surface area (Å²) in [5.41, 5.74) is 5.27. The molecule has 1 aliphatic rings. The quantitative estimate of drug-likeness (QED) is 0.632. The molecule has 3 aromatic carbocycles. The minimum Gasteiger partial charge on any atom is -0.388 e. The van der Waals surface area contributed by atoms with Crippen LogP contribution in [0.3, 0.4) is 0 Å². The molecule has 0 radical (unpaired) electrons. The van der Waals surface area contributed by atoms with E-state index in [2.05, 4.69) is 5.32 Å². The number of aliphatic hydroxyl groups is 1. The van der Waals surface area contributed by atoms with Crippen LogP contribution in [-0.2, 0) is 0 Å². The van der Waals surface area contributed by atoms with Gasteiger partial charge in [-0.15, -0.1) is 0 Å². The number of nitrogens with one attached hydrogen (secondary N) is 1. The van der Waals surface area contributed by atoms with Crippen molar-refractivity contribution in [2.75, 3.05) is 16.8 Å². The van der Waals surface area contributed by atoms with Crippen molar-refractivity contribution in [3.63, 3.8) is 0 Å². The summed E-state index contributed by atoms with van der Waals surface area (Å²) in [5, 5.41) is 13.4. The molecule has 1 aliphatic heterocycles. The van der Waals surface area contributed by atoms with Crippen molar-refractivity contribution in [1.29, 1.82) is 0 Å². The number of rotatable bonds is 3. The average molecular weight is 415 g/mol. The SMILES string of the molecule is Cc1ccccc1C(=O)Nc1ccc(C(=O)N2CCC[C@H](O)c3cccc(C)c32)cc1. The molecule has 0 saturated heterocycles. The zero-order chi connectivity index (χ0) is 22.0. The van der Waals surface area contributed by atoms with Gasteiger partial charge in [0.05, 0.1) is 11.8 Å². The number of benzene rings is 3. The molecule has 2 amide bonds. The van der Waals surface area contributed by atoms with Gasteiger partial charge in [-0.2, -0.15) is 0 Å². The second-order valence-electron chi connectivity index (χ2n) is 7.97. The summed E-state index contributed by atoms with van der Waals surface area (Å²) in [6, 6.07) is 20.1. The highest BCUT2D eigenvalue weighted by atomic mass is 16.3. The molecule has 0 aliphatic carbocycles. The van der Waals surface area contributed by atoms with E-state index in [1.165, 1.54) is 0 Å². The Morgan fingerprint density at radius 1 is 0.935 bits per heavy atom. The highest BCUT2D eigenvalue weighted by Crippen LogP contribution is 2.36. The molecule has 0 bridgehead atoms. The van der Waals surface area contributed by atoms with Crippen LogP contribution < -0.4 is 10.2 Å². The zero-order valence-electron chi connectivity index (χ0n) is 17.8. The van der Waals surface area contributed by atoms with Gasteiger partial charge in [0, 0.05) is 28.9 Å². The van der Waals surface area contributed by atoms with E-state index < -0.39 is 6.10 Å². The standard InChI is InChI=1S/C26H26N2O3/c1-17-7-3-4-9-21(17)25(30)27-20-14-12-19(13-15-20)26(31)28-16-6-11-23(29)22-10-5-8-18(2)24(22)28/h3-5,7-10,12-15,23,29H,6,11,16H2,1-2H3,(H,27,30)/t23-/m0/s1. The number of aryl methyl sites for hydroxylation is 2. The number of para-hydroxylation sites is 1. The second kappa shape index (κ2) is 8.74.